The Hall–Kier alpha value is -1.95. The summed E-state index contributed by atoms with van der Waals surface area (Å²) in [4.78, 5) is 20.7. The minimum atomic E-state index is 0.183. The van der Waals surface area contributed by atoms with E-state index < -0.39 is 0 Å². The quantitative estimate of drug-likeness (QED) is 0.403. The minimum absolute atomic E-state index is 0.183. The second kappa shape index (κ2) is 11.2. The fraction of sp³-hybridized carbons (Fsp3) is 0.750. The van der Waals surface area contributed by atoms with Gasteiger partial charge in [-0.1, -0.05) is 44.9 Å². The third-order valence-electron chi connectivity index (χ3n) is 8.58. The number of carbonyl (C=O) groups excluding carboxylic acids is 1. The van der Waals surface area contributed by atoms with Gasteiger partial charge in [-0.05, 0) is 75.6 Å². The van der Waals surface area contributed by atoms with Gasteiger partial charge >= 0.3 is 0 Å². The number of nitrogens with one attached hydrogen (secondary N) is 1. The van der Waals surface area contributed by atoms with Gasteiger partial charge in [0.1, 0.15) is 11.5 Å². The SMILES string of the molecule is Cn1nc(C(=O)CC2CCN(CC3CCCCC3)CC2)c2ccc(NC3CCCCCC3)nc21. The van der Waals surface area contributed by atoms with Crippen molar-refractivity contribution in [3.05, 3.63) is 17.8 Å². The second-order valence-electron chi connectivity index (χ2n) is 11.2. The molecule has 3 heterocycles. The molecule has 1 N–H and O–H groups in total. The molecule has 1 saturated heterocycles. The van der Waals surface area contributed by atoms with Gasteiger partial charge in [0.05, 0.1) is 5.39 Å². The molecule has 0 amide bonds. The predicted molar refractivity (Wildman–Crippen MR) is 138 cm³/mol. The Morgan fingerprint density at radius 2 is 1.59 bits per heavy atom. The van der Waals surface area contributed by atoms with E-state index in [2.05, 4.69) is 15.3 Å². The fourth-order valence-electron chi connectivity index (χ4n) is 6.52. The van der Waals surface area contributed by atoms with Gasteiger partial charge in [0.15, 0.2) is 11.4 Å². The first kappa shape index (κ1) is 23.8. The van der Waals surface area contributed by atoms with Crippen molar-refractivity contribution in [2.75, 3.05) is 25.0 Å². The maximum atomic E-state index is 13.2. The molecule has 3 aliphatic rings. The molecule has 3 fully saturated rings. The minimum Gasteiger partial charge on any atom is -0.367 e. The molecule has 1 aliphatic heterocycles. The number of piperidine rings is 1. The lowest BCUT2D eigenvalue weighted by atomic mass is 9.87. The molecule has 34 heavy (non-hydrogen) atoms. The Morgan fingerprint density at radius 3 is 2.32 bits per heavy atom. The van der Waals surface area contributed by atoms with Gasteiger partial charge < -0.3 is 10.2 Å². The van der Waals surface area contributed by atoms with Gasteiger partial charge in [-0.3, -0.25) is 4.79 Å². The number of Topliss-reactive ketones (excluding diaryl/α,β-unsaturated/α-hetero) is 1. The van der Waals surface area contributed by atoms with Crippen LogP contribution >= 0.6 is 0 Å². The second-order valence-corrected chi connectivity index (χ2v) is 11.2. The molecule has 0 atom stereocenters. The Bertz CT molecular complexity index is 947. The first-order valence-electron chi connectivity index (χ1n) is 14.0. The lowest BCUT2D eigenvalue weighted by molar-refractivity contribution is 0.0910. The number of ketones is 1. The molecule has 186 valence electrons. The average Bonchev–Trinajstić information content (AvgIpc) is 3.00. The lowest BCUT2D eigenvalue weighted by Crippen LogP contribution is -2.38. The number of hydrogen-bond acceptors (Lipinski definition) is 5. The first-order valence-corrected chi connectivity index (χ1v) is 14.0. The molecule has 0 bridgehead atoms. The van der Waals surface area contributed by atoms with Crippen molar-refractivity contribution >= 4 is 22.6 Å². The van der Waals surface area contributed by atoms with Gasteiger partial charge in [-0.25, -0.2) is 9.67 Å². The third kappa shape index (κ3) is 5.81. The van der Waals surface area contributed by atoms with Crippen LogP contribution in [0.2, 0.25) is 0 Å². The maximum absolute atomic E-state index is 13.2. The number of carbonyl (C=O) groups is 1. The number of rotatable bonds is 7. The fourth-order valence-corrected chi connectivity index (χ4v) is 6.52. The summed E-state index contributed by atoms with van der Waals surface area (Å²) in [5.41, 5.74) is 1.42. The molecule has 2 aromatic rings. The highest BCUT2D eigenvalue weighted by molar-refractivity contribution is 6.05. The number of hydrogen-bond donors (Lipinski definition) is 1. The average molecular weight is 466 g/mol. The van der Waals surface area contributed by atoms with E-state index in [1.54, 1.807) is 4.68 Å². The molecular weight excluding hydrogens is 422 g/mol. The van der Waals surface area contributed by atoms with E-state index in [1.807, 2.05) is 19.2 Å². The van der Waals surface area contributed by atoms with Crippen LogP contribution in [0.4, 0.5) is 5.82 Å². The van der Waals surface area contributed by atoms with Crippen LogP contribution in [0.25, 0.3) is 11.0 Å². The molecule has 2 aromatic heterocycles. The van der Waals surface area contributed by atoms with Crippen LogP contribution in [0.3, 0.4) is 0 Å². The summed E-state index contributed by atoms with van der Waals surface area (Å²) in [5.74, 6) is 2.48. The number of fused-ring (bicyclic) bond motifs is 1. The molecule has 6 nitrogen and oxygen atoms in total. The van der Waals surface area contributed by atoms with Crippen molar-refractivity contribution in [1.29, 1.82) is 0 Å². The molecule has 5 rings (SSSR count). The number of nitrogens with zero attached hydrogens (tertiary/aromatic N) is 4. The van der Waals surface area contributed by atoms with E-state index in [0.717, 1.165) is 48.7 Å². The maximum Gasteiger partial charge on any atom is 0.184 e. The predicted octanol–water partition coefficient (Wildman–Crippen LogP) is 5.97. The summed E-state index contributed by atoms with van der Waals surface area (Å²) in [6.07, 6.45) is 17.7. The molecule has 0 spiro atoms. The van der Waals surface area contributed by atoms with Gasteiger partial charge in [0, 0.05) is 26.1 Å². The monoisotopic (exact) mass is 465 g/mol. The highest BCUT2D eigenvalue weighted by atomic mass is 16.1. The van der Waals surface area contributed by atoms with Crippen LogP contribution in [0.5, 0.6) is 0 Å². The molecule has 0 radical (unpaired) electrons. The molecule has 0 unspecified atom stereocenters. The number of aromatic nitrogens is 3. The van der Waals surface area contributed by atoms with Crippen molar-refractivity contribution in [3.8, 4) is 0 Å². The number of anilines is 1. The first-order chi connectivity index (χ1) is 16.7. The van der Waals surface area contributed by atoms with Crippen LogP contribution in [-0.4, -0.2) is 51.1 Å². The number of aryl methyl sites for hydroxylation is 1. The molecule has 2 aliphatic carbocycles. The largest absolute Gasteiger partial charge is 0.367 e. The van der Waals surface area contributed by atoms with Gasteiger partial charge in [0.2, 0.25) is 0 Å². The van der Waals surface area contributed by atoms with Gasteiger partial charge in [0.25, 0.3) is 0 Å². The Balaban J connectivity index is 1.17. The Morgan fingerprint density at radius 1 is 0.912 bits per heavy atom. The standard InChI is InChI=1S/C28H43N5O/c1-32-28-24(13-14-26(30-28)29-23-11-7-2-3-8-12-23)27(31-32)25(34)19-21-15-17-33(18-16-21)20-22-9-5-4-6-10-22/h13-14,21-23H,2-12,15-20H2,1H3,(H,29,30). The van der Waals surface area contributed by atoms with Crippen molar-refractivity contribution in [2.45, 2.75) is 95.9 Å². The Kier molecular flexibility index (Phi) is 7.83. The van der Waals surface area contributed by atoms with Crippen molar-refractivity contribution < 1.29 is 4.79 Å². The highest BCUT2D eigenvalue weighted by Crippen LogP contribution is 2.29. The lowest BCUT2D eigenvalue weighted by Gasteiger charge is -2.35. The van der Waals surface area contributed by atoms with E-state index in [4.69, 9.17) is 4.98 Å². The third-order valence-corrected chi connectivity index (χ3v) is 8.58. The van der Waals surface area contributed by atoms with Crippen LogP contribution in [0.15, 0.2) is 12.1 Å². The normalized spacial score (nSPS) is 22.1. The van der Waals surface area contributed by atoms with Crippen molar-refractivity contribution in [1.82, 2.24) is 19.7 Å². The number of likely N-dealkylation sites (tertiary alicyclic amines) is 1. The summed E-state index contributed by atoms with van der Waals surface area (Å²) in [5, 5.41) is 9.15. The van der Waals surface area contributed by atoms with E-state index in [1.165, 1.54) is 77.2 Å². The van der Waals surface area contributed by atoms with Crippen LogP contribution in [0, 0.1) is 11.8 Å². The summed E-state index contributed by atoms with van der Waals surface area (Å²) in [6, 6.07) is 4.59. The van der Waals surface area contributed by atoms with E-state index in [0.29, 0.717) is 24.1 Å². The van der Waals surface area contributed by atoms with Crippen molar-refractivity contribution in [2.24, 2.45) is 18.9 Å². The summed E-state index contributed by atoms with van der Waals surface area (Å²) in [6.45, 7) is 3.57. The van der Waals surface area contributed by atoms with Gasteiger partial charge in [-0.2, -0.15) is 5.10 Å². The smallest absolute Gasteiger partial charge is 0.184 e. The molecule has 2 saturated carbocycles. The zero-order chi connectivity index (χ0) is 23.3. The van der Waals surface area contributed by atoms with E-state index in [-0.39, 0.29) is 5.78 Å². The highest BCUT2D eigenvalue weighted by Gasteiger charge is 2.26. The van der Waals surface area contributed by atoms with Crippen LogP contribution in [0.1, 0.15) is 100 Å². The summed E-state index contributed by atoms with van der Waals surface area (Å²) in [7, 11) is 1.91. The summed E-state index contributed by atoms with van der Waals surface area (Å²) < 4.78 is 1.79. The molecule has 0 aromatic carbocycles. The van der Waals surface area contributed by atoms with Crippen LogP contribution in [-0.2, 0) is 7.05 Å². The number of pyridine rings is 1. The zero-order valence-corrected chi connectivity index (χ0v) is 21.1. The van der Waals surface area contributed by atoms with E-state index in [9.17, 15) is 4.79 Å². The van der Waals surface area contributed by atoms with Gasteiger partial charge in [-0.15, -0.1) is 0 Å². The van der Waals surface area contributed by atoms with Crippen molar-refractivity contribution in [3.63, 3.8) is 0 Å². The Labute approximate surface area is 204 Å². The topological polar surface area (TPSA) is 63.1 Å². The van der Waals surface area contributed by atoms with Crippen LogP contribution < -0.4 is 5.32 Å². The molecular formula is C28H43N5O. The summed E-state index contributed by atoms with van der Waals surface area (Å²) >= 11 is 0. The zero-order valence-electron chi connectivity index (χ0n) is 21.1. The van der Waals surface area contributed by atoms with E-state index >= 15 is 0 Å². The molecule has 6 heteroatoms.